The zero-order chi connectivity index (χ0) is 14.6. The molecular weight excluding hydrogens is 280 g/mol. The van der Waals surface area contributed by atoms with Crippen molar-refractivity contribution in [2.24, 2.45) is 12.9 Å². The lowest BCUT2D eigenvalue weighted by Gasteiger charge is -2.09. The lowest BCUT2D eigenvalue weighted by molar-refractivity contribution is 0.581. The summed E-state index contributed by atoms with van der Waals surface area (Å²) in [5, 5.41) is 4.02. The monoisotopic (exact) mass is 296 g/mol. The third-order valence-electron chi connectivity index (χ3n) is 2.69. The topological polar surface area (TPSA) is 115 Å². The second-order valence-corrected chi connectivity index (χ2v) is 5.92. The van der Waals surface area contributed by atoms with Crippen molar-refractivity contribution in [3.05, 3.63) is 36.4 Å². The van der Waals surface area contributed by atoms with Crippen LogP contribution in [0.2, 0.25) is 0 Å². The Bertz CT molecular complexity index is 682. The quantitative estimate of drug-likeness (QED) is 0.494. The van der Waals surface area contributed by atoms with Gasteiger partial charge in [0.1, 0.15) is 4.90 Å². The molecule has 8 nitrogen and oxygen atoms in total. The smallest absolute Gasteiger partial charge is 0.244 e. The molecular formula is C11H16N6O2S. The molecule has 0 atom stereocenters. The summed E-state index contributed by atoms with van der Waals surface area (Å²) in [7, 11) is -1.84. The van der Waals surface area contributed by atoms with Crippen molar-refractivity contribution in [3.63, 3.8) is 0 Å². The van der Waals surface area contributed by atoms with Crippen molar-refractivity contribution in [1.29, 1.82) is 0 Å². The number of nitrogens with one attached hydrogen (secondary N) is 2. The first-order valence-corrected chi connectivity index (χ1v) is 7.39. The number of hydrogen-bond donors (Lipinski definition) is 3. The summed E-state index contributed by atoms with van der Waals surface area (Å²) in [6.45, 7) is 0.271. The number of nitrogens with zero attached hydrogens (tertiary/aromatic N) is 3. The number of pyridine rings is 1. The lowest BCUT2D eigenvalue weighted by Crippen LogP contribution is -2.27. The van der Waals surface area contributed by atoms with Crippen LogP contribution in [0.5, 0.6) is 0 Å². The summed E-state index contributed by atoms with van der Waals surface area (Å²) in [5.41, 5.74) is 3.60. The first kappa shape index (κ1) is 14.4. The van der Waals surface area contributed by atoms with Gasteiger partial charge in [0.15, 0.2) is 0 Å². The van der Waals surface area contributed by atoms with Gasteiger partial charge >= 0.3 is 0 Å². The molecule has 0 spiro atoms. The van der Waals surface area contributed by atoms with Crippen LogP contribution < -0.4 is 16.0 Å². The largest absolute Gasteiger partial charge is 0.323 e. The maximum absolute atomic E-state index is 12.1. The van der Waals surface area contributed by atoms with Crippen molar-refractivity contribution in [3.8, 4) is 0 Å². The van der Waals surface area contributed by atoms with Gasteiger partial charge in [-0.05, 0) is 18.1 Å². The Morgan fingerprint density at radius 1 is 1.40 bits per heavy atom. The normalized spacial score (nSPS) is 11.5. The first-order valence-electron chi connectivity index (χ1n) is 5.91. The van der Waals surface area contributed by atoms with Gasteiger partial charge in [0.05, 0.1) is 11.9 Å². The van der Waals surface area contributed by atoms with Gasteiger partial charge in [-0.2, -0.15) is 5.10 Å². The van der Waals surface area contributed by atoms with Crippen LogP contribution >= 0.6 is 0 Å². The van der Waals surface area contributed by atoms with Crippen LogP contribution in [0.3, 0.4) is 0 Å². The molecule has 0 radical (unpaired) electrons. The molecule has 20 heavy (non-hydrogen) atoms. The molecule has 4 N–H and O–H groups in total. The van der Waals surface area contributed by atoms with Crippen LogP contribution in [0.15, 0.2) is 35.7 Å². The molecule has 9 heteroatoms. The number of hydrogen-bond acceptors (Lipinski definition) is 6. The van der Waals surface area contributed by atoms with E-state index in [1.165, 1.54) is 18.5 Å². The van der Waals surface area contributed by atoms with E-state index in [-0.39, 0.29) is 11.4 Å². The van der Waals surface area contributed by atoms with Crippen LogP contribution in [0.25, 0.3) is 0 Å². The highest BCUT2D eigenvalue weighted by molar-refractivity contribution is 7.89. The highest BCUT2D eigenvalue weighted by Gasteiger charge is 2.17. The molecule has 2 aromatic rings. The number of aryl methyl sites for hydroxylation is 1. The number of hydrazine groups is 1. The summed E-state index contributed by atoms with van der Waals surface area (Å²) < 4.78 is 28.5. The van der Waals surface area contributed by atoms with Gasteiger partial charge in [0.2, 0.25) is 10.0 Å². The Kier molecular flexibility index (Phi) is 4.32. The van der Waals surface area contributed by atoms with E-state index in [0.717, 1.165) is 5.56 Å². The molecule has 2 aromatic heterocycles. The Morgan fingerprint density at radius 3 is 2.85 bits per heavy atom. The summed E-state index contributed by atoms with van der Waals surface area (Å²) in [4.78, 5) is 3.82. The fourth-order valence-corrected chi connectivity index (χ4v) is 2.86. The maximum atomic E-state index is 12.1. The second kappa shape index (κ2) is 5.99. The Labute approximate surface area is 117 Å². The van der Waals surface area contributed by atoms with Gasteiger partial charge in [-0.3, -0.25) is 15.5 Å². The van der Waals surface area contributed by atoms with Crippen LogP contribution in [0, 0.1) is 0 Å². The summed E-state index contributed by atoms with van der Waals surface area (Å²) in [5.74, 6) is 5.29. The third-order valence-corrected chi connectivity index (χ3v) is 4.18. The van der Waals surface area contributed by atoms with Crippen molar-refractivity contribution in [1.82, 2.24) is 19.5 Å². The van der Waals surface area contributed by atoms with Gasteiger partial charge in [0, 0.05) is 32.2 Å². The SMILES string of the molecule is Cn1cc(CCNS(=O)(=O)c2cnccc2NN)cn1. The van der Waals surface area contributed by atoms with E-state index < -0.39 is 10.0 Å². The zero-order valence-corrected chi connectivity index (χ0v) is 11.8. The van der Waals surface area contributed by atoms with Gasteiger partial charge < -0.3 is 5.43 Å². The van der Waals surface area contributed by atoms with E-state index in [1.807, 2.05) is 13.2 Å². The van der Waals surface area contributed by atoms with E-state index in [0.29, 0.717) is 12.1 Å². The fraction of sp³-hybridized carbons (Fsp3) is 0.273. The van der Waals surface area contributed by atoms with Gasteiger partial charge in [-0.25, -0.2) is 13.1 Å². The molecule has 0 fully saturated rings. The molecule has 0 bridgehead atoms. The molecule has 0 saturated heterocycles. The molecule has 108 valence electrons. The van der Waals surface area contributed by atoms with Crippen molar-refractivity contribution in [2.75, 3.05) is 12.0 Å². The van der Waals surface area contributed by atoms with Crippen molar-refractivity contribution < 1.29 is 8.42 Å². The average molecular weight is 296 g/mol. The minimum atomic E-state index is -3.65. The Hall–Kier alpha value is -1.97. The minimum absolute atomic E-state index is 0.0219. The molecule has 0 aliphatic rings. The summed E-state index contributed by atoms with van der Waals surface area (Å²) in [6.07, 6.45) is 6.81. The molecule has 0 unspecified atom stereocenters. The van der Waals surface area contributed by atoms with Crippen LogP contribution in [0.4, 0.5) is 5.69 Å². The van der Waals surface area contributed by atoms with Gasteiger partial charge in [-0.1, -0.05) is 0 Å². The number of anilines is 1. The van der Waals surface area contributed by atoms with E-state index in [9.17, 15) is 8.42 Å². The highest BCUT2D eigenvalue weighted by Crippen LogP contribution is 2.17. The van der Waals surface area contributed by atoms with Crippen LogP contribution in [0.1, 0.15) is 5.56 Å². The highest BCUT2D eigenvalue weighted by atomic mass is 32.2. The van der Waals surface area contributed by atoms with E-state index in [1.54, 1.807) is 10.9 Å². The molecule has 0 aliphatic carbocycles. The average Bonchev–Trinajstić information content (AvgIpc) is 2.84. The first-order chi connectivity index (χ1) is 9.53. The molecule has 2 rings (SSSR count). The van der Waals surface area contributed by atoms with E-state index in [4.69, 9.17) is 5.84 Å². The third kappa shape index (κ3) is 3.32. The summed E-state index contributed by atoms with van der Waals surface area (Å²) >= 11 is 0. The predicted octanol–water partition coefficient (Wildman–Crippen LogP) is -0.378. The predicted molar refractivity (Wildman–Crippen MR) is 74.1 cm³/mol. The van der Waals surface area contributed by atoms with Crippen LogP contribution in [-0.4, -0.2) is 29.7 Å². The van der Waals surface area contributed by atoms with Crippen molar-refractivity contribution in [2.45, 2.75) is 11.3 Å². The number of sulfonamides is 1. The van der Waals surface area contributed by atoms with Crippen molar-refractivity contribution >= 4 is 15.7 Å². The molecule has 0 amide bonds. The Morgan fingerprint density at radius 2 is 2.20 bits per heavy atom. The molecule has 0 saturated carbocycles. The number of rotatable bonds is 6. The second-order valence-electron chi connectivity index (χ2n) is 4.19. The minimum Gasteiger partial charge on any atom is -0.323 e. The Balaban J connectivity index is 2.04. The zero-order valence-electron chi connectivity index (χ0n) is 10.9. The number of nitrogen functional groups attached to an aromatic ring is 1. The van der Waals surface area contributed by atoms with Crippen LogP contribution in [-0.2, 0) is 23.5 Å². The maximum Gasteiger partial charge on any atom is 0.244 e. The summed E-state index contributed by atoms with van der Waals surface area (Å²) in [6, 6.07) is 1.50. The molecule has 0 aliphatic heterocycles. The fourth-order valence-electron chi connectivity index (χ4n) is 1.72. The molecule has 2 heterocycles. The van der Waals surface area contributed by atoms with E-state index in [2.05, 4.69) is 20.2 Å². The number of nitrogens with two attached hydrogens (primary N) is 1. The van der Waals surface area contributed by atoms with E-state index >= 15 is 0 Å². The number of aromatic nitrogens is 3. The lowest BCUT2D eigenvalue weighted by atomic mass is 10.3. The molecule has 0 aromatic carbocycles. The van der Waals surface area contributed by atoms with Gasteiger partial charge in [-0.15, -0.1) is 0 Å². The van der Waals surface area contributed by atoms with Gasteiger partial charge in [0.25, 0.3) is 0 Å². The standard InChI is InChI=1S/C11H16N6O2S/c1-17-8-9(6-14-17)2-5-15-20(18,19)11-7-13-4-3-10(11)16-12/h3-4,6-8,15H,2,5,12H2,1H3,(H,13,16).